The smallest absolute Gasteiger partial charge is 0.158 e. The first-order valence-corrected chi connectivity index (χ1v) is 5.84. The third kappa shape index (κ3) is 1.93. The summed E-state index contributed by atoms with van der Waals surface area (Å²) in [6.45, 7) is 3.15. The summed E-state index contributed by atoms with van der Waals surface area (Å²) in [7, 11) is 0. The second kappa shape index (κ2) is 3.90. The minimum absolute atomic E-state index is 0.0270. The largest absolute Gasteiger partial charge is 0.388 e. The lowest BCUT2D eigenvalue weighted by molar-refractivity contribution is 0.262. The lowest BCUT2D eigenvalue weighted by Gasteiger charge is -2.23. The highest BCUT2D eigenvalue weighted by molar-refractivity contribution is 8.00. The first kappa shape index (κ1) is 9.98. The van der Waals surface area contributed by atoms with E-state index in [2.05, 4.69) is 17.1 Å². The van der Waals surface area contributed by atoms with Crippen molar-refractivity contribution in [1.29, 1.82) is 0 Å². The second-order valence-electron chi connectivity index (χ2n) is 3.94. The zero-order valence-electron chi connectivity index (χ0n) is 8.31. The average Bonchev–Trinajstić information content (AvgIpc) is 2.75. The van der Waals surface area contributed by atoms with E-state index in [1.165, 1.54) is 18.6 Å². The van der Waals surface area contributed by atoms with E-state index in [1.54, 1.807) is 6.33 Å². The minimum atomic E-state index is -0.0270. The number of rotatable bonds is 3. The maximum atomic E-state index is 9.04. The molecule has 1 aromatic heterocycles. The monoisotopic (exact) mass is 213 g/mol. The fourth-order valence-electron chi connectivity index (χ4n) is 1.86. The molecule has 14 heavy (non-hydrogen) atoms. The van der Waals surface area contributed by atoms with Crippen LogP contribution >= 0.6 is 11.8 Å². The number of aromatic nitrogens is 3. The van der Waals surface area contributed by atoms with Crippen LogP contribution < -0.4 is 0 Å². The molecule has 1 aliphatic heterocycles. The number of aliphatic hydroxyl groups is 1. The minimum Gasteiger partial charge on any atom is -0.388 e. The van der Waals surface area contributed by atoms with Crippen LogP contribution in [-0.4, -0.2) is 30.4 Å². The van der Waals surface area contributed by atoms with Crippen molar-refractivity contribution in [3.8, 4) is 0 Å². The van der Waals surface area contributed by atoms with Gasteiger partial charge in [-0.3, -0.25) is 0 Å². The van der Waals surface area contributed by atoms with Crippen LogP contribution in [0.4, 0.5) is 0 Å². The summed E-state index contributed by atoms with van der Waals surface area (Å²) >= 11 is 2.00. The van der Waals surface area contributed by atoms with Gasteiger partial charge in [0.25, 0.3) is 0 Å². The standard InChI is InChI=1S/C9H15N3OS/c1-9(3-2-4-14-9)6-12-7-10-11-8(12)5-13/h7,13H,2-6H2,1H3. The van der Waals surface area contributed by atoms with Crippen molar-refractivity contribution >= 4 is 11.8 Å². The Balaban J connectivity index is 2.09. The highest BCUT2D eigenvalue weighted by atomic mass is 32.2. The van der Waals surface area contributed by atoms with Gasteiger partial charge in [0.2, 0.25) is 0 Å². The highest BCUT2D eigenvalue weighted by Gasteiger charge is 2.30. The number of thioether (sulfide) groups is 1. The predicted octanol–water partition coefficient (Wildman–Crippen LogP) is 1.06. The molecule has 78 valence electrons. The second-order valence-corrected chi connectivity index (χ2v) is 5.62. The van der Waals surface area contributed by atoms with Gasteiger partial charge in [-0.25, -0.2) is 0 Å². The van der Waals surface area contributed by atoms with E-state index < -0.39 is 0 Å². The van der Waals surface area contributed by atoms with Crippen molar-refractivity contribution < 1.29 is 5.11 Å². The van der Waals surface area contributed by atoms with Crippen LogP contribution in [0.5, 0.6) is 0 Å². The van der Waals surface area contributed by atoms with Gasteiger partial charge in [-0.1, -0.05) is 0 Å². The molecule has 5 heteroatoms. The van der Waals surface area contributed by atoms with Crippen molar-refractivity contribution in [1.82, 2.24) is 14.8 Å². The van der Waals surface area contributed by atoms with E-state index in [0.717, 1.165) is 6.54 Å². The van der Waals surface area contributed by atoms with Gasteiger partial charge in [-0.2, -0.15) is 11.8 Å². The van der Waals surface area contributed by atoms with Crippen LogP contribution in [0.25, 0.3) is 0 Å². The molecular weight excluding hydrogens is 198 g/mol. The summed E-state index contributed by atoms with van der Waals surface area (Å²) in [6, 6.07) is 0. The van der Waals surface area contributed by atoms with Gasteiger partial charge in [-0.05, 0) is 25.5 Å². The average molecular weight is 213 g/mol. The molecule has 0 aromatic carbocycles. The van der Waals surface area contributed by atoms with Gasteiger partial charge in [0, 0.05) is 11.3 Å². The number of nitrogens with zero attached hydrogens (tertiary/aromatic N) is 3. The van der Waals surface area contributed by atoms with Crippen LogP contribution in [0.1, 0.15) is 25.6 Å². The van der Waals surface area contributed by atoms with Gasteiger partial charge in [-0.15, -0.1) is 10.2 Å². The summed E-state index contributed by atoms with van der Waals surface area (Å²) in [5, 5.41) is 16.7. The van der Waals surface area contributed by atoms with E-state index in [1.807, 2.05) is 16.3 Å². The van der Waals surface area contributed by atoms with E-state index in [4.69, 9.17) is 5.11 Å². The number of aliphatic hydroxyl groups excluding tert-OH is 1. The van der Waals surface area contributed by atoms with E-state index >= 15 is 0 Å². The molecule has 1 atom stereocenters. The summed E-state index contributed by atoms with van der Waals surface area (Å²) in [5.41, 5.74) is 0. The van der Waals surface area contributed by atoms with Crippen LogP contribution in [0.2, 0.25) is 0 Å². The molecule has 0 bridgehead atoms. The van der Waals surface area contributed by atoms with Crippen LogP contribution in [0.3, 0.4) is 0 Å². The Hall–Kier alpha value is -0.550. The van der Waals surface area contributed by atoms with Crippen LogP contribution in [-0.2, 0) is 13.2 Å². The lowest BCUT2D eigenvalue weighted by atomic mass is 10.1. The molecule has 4 nitrogen and oxygen atoms in total. The van der Waals surface area contributed by atoms with Crippen LogP contribution in [0, 0.1) is 0 Å². The molecule has 1 fully saturated rings. The molecule has 0 spiro atoms. The zero-order valence-corrected chi connectivity index (χ0v) is 9.13. The molecule has 2 heterocycles. The molecule has 1 unspecified atom stereocenters. The number of hydrogen-bond acceptors (Lipinski definition) is 4. The predicted molar refractivity (Wildman–Crippen MR) is 56.0 cm³/mol. The third-order valence-corrected chi connectivity index (χ3v) is 4.17. The Morgan fingerprint density at radius 2 is 2.57 bits per heavy atom. The highest BCUT2D eigenvalue weighted by Crippen LogP contribution is 2.38. The Kier molecular flexibility index (Phi) is 2.78. The van der Waals surface area contributed by atoms with Crippen molar-refractivity contribution in [3.05, 3.63) is 12.2 Å². The number of hydrogen-bond donors (Lipinski definition) is 1. The summed E-state index contributed by atoms with van der Waals surface area (Å²) < 4.78 is 2.25. The molecule has 1 saturated heterocycles. The molecule has 0 amide bonds. The van der Waals surface area contributed by atoms with E-state index in [9.17, 15) is 0 Å². The van der Waals surface area contributed by atoms with Gasteiger partial charge >= 0.3 is 0 Å². The van der Waals surface area contributed by atoms with Gasteiger partial charge in [0.05, 0.1) is 0 Å². The Labute approximate surface area is 87.7 Å². The topological polar surface area (TPSA) is 50.9 Å². The van der Waals surface area contributed by atoms with E-state index in [-0.39, 0.29) is 6.61 Å². The Bertz CT molecular complexity index is 307. The zero-order chi connectivity index (χ0) is 10.0. The fraction of sp³-hybridized carbons (Fsp3) is 0.778. The van der Waals surface area contributed by atoms with Gasteiger partial charge < -0.3 is 9.67 Å². The van der Waals surface area contributed by atoms with Crippen molar-refractivity contribution in [2.24, 2.45) is 0 Å². The molecule has 0 radical (unpaired) electrons. The maximum absolute atomic E-state index is 9.04. The van der Waals surface area contributed by atoms with Crippen LogP contribution in [0.15, 0.2) is 6.33 Å². The summed E-state index contributed by atoms with van der Waals surface area (Å²) in [5.74, 6) is 1.91. The summed E-state index contributed by atoms with van der Waals surface area (Å²) in [6.07, 6.45) is 4.23. The van der Waals surface area contributed by atoms with Gasteiger partial charge in [0.15, 0.2) is 5.82 Å². The van der Waals surface area contributed by atoms with Crippen molar-refractivity contribution in [2.75, 3.05) is 5.75 Å². The van der Waals surface area contributed by atoms with Gasteiger partial charge in [0.1, 0.15) is 12.9 Å². The third-order valence-electron chi connectivity index (χ3n) is 2.64. The molecular formula is C9H15N3OS. The molecule has 1 N–H and O–H groups in total. The SMILES string of the molecule is CC1(Cn2cnnc2CO)CCCS1. The fourth-order valence-corrected chi connectivity index (χ4v) is 3.16. The quantitative estimate of drug-likeness (QED) is 0.815. The molecule has 0 saturated carbocycles. The Morgan fingerprint density at radius 1 is 1.71 bits per heavy atom. The molecule has 1 aliphatic rings. The first-order valence-electron chi connectivity index (χ1n) is 4.85. The summed E-state index contributed by atoms with van der Waals surface area (Å²) in [4.78, 5) is 0. The maximum Gasteiger partial charge on any atom is 0.158 e. The first-order chi connectivity index (χ1) is 6.73. The molecule has 1 aromatic rings. The Morgan fingerprint density at radius 3 is 3.21 bits per heavy atom. The molecule has 2 rings (SSSR count). The lowest BCUT2D eigenvalue weighted by Crippen LogP contribution is -2.24. The normalized spacial score (nSPS) is 27.0. The van der Waals surface area contributed by atoms with E-state index in [0.29, 0.717) is 10.6 Å². The van der Waals surface area contributed by atoms with Crippen molar-refractivity contribution in [2.45, 2.75) is 37.7 Å². The van der Waals surface area contributed by atoms with Crippen molar-refractivity contribution in [3.63, 3.8) is 0 Å². The molecule has 0 aliphatic carbocycles.